The van der Waals surface area contributed by atoms with Crippen molar-refractivity contribution in [3.8, 4) is 23.3 Å². The van der Waals surface area contributed by atoms with Crippen LogP contribution in [0.2, 0.25) is 0 Å². The first-order valence-corrected chi connectivity index (χ1v) is 11.1. The average Bonchev–Trinajstić information content (AvgIpc) is 3.23. The standard InChI is InChI=1S/C25H18F4N6O2/c1-14-15(9-30)11-34(14)24-8-23(21(29)10-31-24)37-22-6-5-16(7-20(22)28)35-25(36)33(13-32-35)12-17-18(26)3-2-4-19(17)27/h2-8,10,13-15H,11-12H2,1H3/t14-,15+/m0/s1. The van der Waals surface area contributed by atoms with Crippen molar-refractivity contribution in [3.05, 3.63) is 94.3 Å². The maximum absolute atomic E-state index is 14.9. The summed E-state index contributed by atoms with van der Waals surface area (Å²) in [4.78, 5) is 18.5. The van der Waals surface area contributed by atoms with Crippen LogP contribution in [0.3, 0.4) is 0 Å². The van der Waals surface area contributed by atoms with Gasteiger partial charge in [0.05, 0.1) is 30.4 Å². The number of nitrogens with zero attached hydrogens (tertiary/aromatic N) is 6. The van der Waals surface area contributed by atoms with Gasteiger partial charge in [-0.05, 0) is 31.2 Å². The van der Waals surface area contributed by atoms with Gasteiger partial charge < -0.3 is 9.64 Å². The van der Waals surface area contributed by atoms with Crippen molar-refractivity contribution < 1.29 is 22.3 Å². The summed E-state index contributed by atoms with van der Waals surface area (Å²) in [6.45, 7) is 1.87. The molecule has 4 aromatic rings. The molecule has 2 aromatic heterocycles. The summed E-state index contributed by atoms with van der Waals surface area (Å²) in [7, 11) is 0. The van der Waals surface area contributed by atoms with E-state index in [0.29, 0.717) is 12.4 Å². The Bertz CT molecular complexity index is 1570. The van der Waals surface area contributed by atoms with Gasteiger partial charge in [0, 0.05) is 30.3 Å². The zero-order chi connectivity index (χ0) is 26.3. The van der Waals surface area contributed by atoms with Gasteiger partial charge in [-0.2, -0.15) is 15.0 Å². The normalized spacial score (nSPS) is 16.8. The molecule has 0 saturated carbocycles. The molecule has 0 amide bonds. The quantitative estimate of drug-likeness (QED) is 0.362. The number of ether oxygens (including phenoxy) is 1. The first kappa shape index (κ1) is 24.1. The second kappa shape index (κ2) is 9.42. The molecule has 0 spiro atoms. The summed E-state index contributed by atoms with van der Waals surface area (Å²) >= 11 is 0. The lowest BCUT2D eigenvalue weighted by Gasteiger charge is -2.43. The van der Waals surface area contributed by atoms with Crippen LogP contribution >= 0.6 is 0 Å². The number of hydrogen-bond donors (Lipinski definition) is 0. The van der Waals surface area contributed by atoms with Crippen LogP contribution in [0.4, 0.5) is 23.4 Å². The Labute approximate surface area is 207 Å². The van der Waals surface area contributed by atoms with Gasteiger partial charge in [-0.15, -0.1) is 0 Å². The SMILES string of the molecule is C[C@H]1[C@H](C#N)CN1c1cc(Oc2ccc(-n3ncn(Cc4c(F)cccc4F)c3=O)cc2F)c(F)cn1. The van der Waals surface area contributed by atoms with Crippen molar-refractivity contribution in [2.75, 3.05) is 11.4 Å². The Morgan fingerprint density at radius 1 is 1.05 bits per heavy atom. The molecular weight excluding hydrogens is 492 g/mol. The van der Waals surface area contributed by atoms with E-state index in [1.807, 2.05) is 6.92 Å². The van der Waals surface area contributed by atoms with E-state index in [2.05, 4.69) is 16.2 Å². The molecule has 37 heavy (non-hydrogen) atoms. The molecule has 1 aliphatic heterocycles. The highest BCUT2D eigenvalue weighted by atomic mass is 19.1. The molecule has 1 fully saturated rings. The molecule has 0 N–H and O–H groups in total. The highest BCUT2D eigenvalue weighted by Crippen LogP contribution is 2.34. The van der Waals surface area contributed by atoms with E-state index in [4.69, 9.17) is 10.00 Å². The lowest BCUT2D eigenvalue weighted by Crippen LogP contribution is -2.54. The fourth-order valence-corrected chi connectivity index (χ4v) is 4.00. The van der Waals surface area contributed by atoms with Crippen LogP contribution in [0, 0.1) is 40.5 Å². The van der Waals surface area contributed by atoms with Crippen LogP contribution in [0.1, 0.15) is 12.5 Å². The second-order valence-electron chi connectivity index (χ2n) is 8.47. The van der Waals surface area contributed by atoms with Crippen LogP contribution in [0.25, 0.3) is 5.69 Å². The molecule has 0 bridgehead atoms. The van der Waals surface area contributed by atoms with Gasteiger partial charge in [0.15, 0.2) is 23.1 Å². The van der Waals surface area contributed by atoms with E-state index in [1.165, 1.54) is 24.3 Å². The van der Waals surface area contributed by atoms with E-state index >= 15 is 0 Å². The molecule has 0 unspecified atom stereocenters. The molecule has 5 rings (SSSR count). The second-order valence-corrected chi connectivity index (χ2v) is 8.47. The van der Waals surface area contributed by atoms with Gasteiger partial charge in [0.25, 0.3) is 0 Å². The van der Waals surface area contributed by atoms with Gasteiger partial charge >= 0.3 is 5.69 Å². The van der Waals surface area contributed by atoms with Crippen molar-refractivity contribution in [3.63, 3.8) is 0 Å². The molecule has 8 nitrogen and oxygen atoms in total. The van der Waals surface area contributed by atoms with Gasteiger partial charge in [-0.3, -0.25) is 4.57 Å². The zero-order valence-electron chi connectivity index (χ0n) is 19.3. The van der Waals surface area contributed by atoms with E-state index in [9.17, 15) is 22.4 Å². The van der Waals surface area contributed by atoms with Crippen molar-refractivity contribution >= 4 is 5.82 Å². The Morgan fingerprint density at radius 2 is 1.81 bits per heavy atom. The monoisotopic (exact) mass is 510 g/mol. The third kappa shape index (κ3) is 4.40. The molecular formula is C25H18F4N6O2. The predicted molar refractivity (Wildman–Crippen MR) is 123 cm³/mol. The topological polar surface area (TPSA) is 89.0 Å². The first-order valence-electron chi connectivity index (χ1n) is 11.1. The maximum Gasteiger partial charge on any atom is 0.350 e. The average molecular weight is 510 g/mol. The van der Waals surface area contributed by atoms with Gasteiger partial charge in [-0.25, -0.2) is 27.3 Å². The summed E-state index contributed by atoms with van der Waals surface area (Å²) < 4.78 is 64.4. The lowest BCUT2D eigenvalue weighted by atomic mass is 9.91. The fourth-order valence-electron chi connectivity index (χ4n) is 4.00. The van der Waals surface area contributed by atoms with Crippen LogP contribution in [-0.2, 0) is 6.54 Å². The molecule has 2 aromatic carbocycles. The number of anilines is 1. The van der Waals surface area contributed by atoms with Crippen molar-refractivity contribution in [2.45, 2.75) is 19.5 Å². The Balaban J connectivity index is 1.37. The fraction of sp³-hybridized carbons (Fsp3) is 0.200. The van der Waals surface area contributed by atoms with Crippen LogP contribution in [-0.4, -0.2) is 31.9 Å². The molecule has 1 saturated heterocycles. The van der Waals surface area contributed by atoms with Gasteiger partial charge in [0.1, 0.15) is 23.8 Å². The Kier molecular flexibility index (Phi) is 6.12. The summed E-state index contributed by atoms with van der Waals surface area (Å²) in [5, 5.41) is 13.0. The number of pyridine rings is 1. The molecule has 12 heteroatoms. The number of nitriles is 1. The minimum Gasteiger partial charge on any atom is -0.451 e. The third-order valence-electron chi connectivity index (χ3n) is 6.24. The molecule has 1 aliphatic rings. The van der Waals surface area contributed by atoms with E-state index in [1.54, 1.807) is 4.90 Å². The number of benzene rings is 2. The third-order valence-corrected chi connectivity index (χ3v) is 6.24. The minimum absolute atomic E-state index is 0.0236. The number of aromatic nitrogens is 4. The van der Waals surface area contributed by atoms with Crippen molar-refractivity contribution in [1.29, 1.82) is 5.26 Å². The number of hydrogen-bond acceptors (Lipinski definition) is 6. The summed E-state index contributed by atoms with van der Waals surface area (Å²) in [5.74, 6) is -3.70. The number of rotatable bonds is 6. The largest absolute Gasteiger partial charge is 0.451 e. The Hall–Kier alpha value is -4.66. The zero-order valence-corrected chi connectivity index (χ0v) is 19.3. The van der Waals surface area contributed by atoms with Gasteiger partial charge in [-0.1, -0.05) is 6.07 Å². The van der Waals surface area contributed by atoms with Crippen LogP contribution in [0.15, 0.2) is 59.8 Å². The summed E-state index contributed by atoms with van der Waals surface area (Å²) in [5.41, 5.74) is -1.04. The molecule has 188 valence electrons. The molecule has 0 aliphatic carbocycles. The van der Waals surface area contributed by atoms with E-state index in [-0.39, 0.29) is 34.7 Å². The predicted octanol–water partition coefficient (Wildman–Crippen LogP) is 4.17. The molecule has 3 heterocycles. The first-order chi connectivity index (χ1) is 17.8. The lowest BCUT2D eigenvalue weighted by molar-refractivity contribution is 0.378. The van der Waals surface area contributed by atoms with E-state index < -0.39 is 35.5 Å². The van der Waals surface area contributed by atoms with Crippen molar-refractivity contribution in [2.24, 2.45) is 5.92 Å². The smallest absolute Gasteiger partial charge is 0.350 e. The molecule has 0 radical (unpaired) electrons. The van der Waals surface area contributed by atoms with Gasteiger partial charge in [0.2, 0.25) is 0 Å². The minimum atomic E-state index is -0.904. The Morgan fingerprint density at radius 3 is 2.49 bits per heavy atom. The van der Waals surface area contributed by atoms with E-state index in [0.717, 1.165) is 40.0 Å². The van der Waals surface area contributed by atoms with Crippen LogP contribution in [0.5, 0.6) is 11.5 Å². The highest BCUT2D eigenvalue weighted by Gasteiger charge is 2.36. The highest BCUT2D eigenvalue weighted by molar-refractivity contribution is 5.50. The maximum atomic E-state index is 14.9. The number of halogens is 4. The van der Waals surface area contributed by atoms with Crippen molar-refractivity contribution in [1.82, 2.24) is 19.3 Å². The summed E-state index contributed by atoms with van der Waals surface area (Å²) in [6, 6.07) is 10.2. The van der Waals surface area contributed by atoms with Crippen LogP contribution < -0.4 is 15.3 Å². The molecule has 2 atom stereocenters. The summed E-state index contributed by atoms with van der Waals surface area (Å²) in [6.07, 6.45) is 2.03.